The van der Waals surface area contributed by atoms with Gasteiger partial charge in [0.25, 0.3) is 0 Å². The second-order valence-corrected chi connectivity index (χ2v) is 4.66. The minimum absolute atomic E-state index is 0.147. The van der Waals surface area contributed by atoms with Crippen molar-refractivity contribution < 1.29 is 0 Å². The van der Waals surface area contributed by atoms with Crippen molar-refractivity contribution in [3.05, 3.63) is 17.5 Å². The quantitative estimate of drug-likeness (QED) is 0.401. The lowest BCUT2D eigenvalue weighted by Crippen LogP contribution is -1.86. The van der Waals surface area contributed by atoms with Crippen molar-refractivity contribution in [2.75, 3.05) is 12.5 Å². The monoisotopic (exact) mass is 176 g/mol. The zero-order chi connectivity index (χ0) is 7.56. The molecule has 1 aromatic heterocycles. The molecule has 0 atom stereocenters. The van der Waals surface area contributed by atoms with Gasteiger partial charge >= 0.3 is 0 Å². The molecule has 0 aliphatic carbocycles. The van der Waals surface area contributed by atoms with Crippen LogP contribution in [0.25, 0.3) is 0 Å². The first kappa shape index (κ1) is 7.82. The van der Waals surface area contributed by atoms with Gasteiger partial charge in [0.05, 0.1) is 5.03 Å². The van der Waals surface area contributed by atoms with E-state index in [0.29, 0.717) is 5.28 Å². The van der Waals surface area contributed by atoms with Crippen LogP contribution in [0.4, 0.5) is 0 Å². The summed E-state index contributed by atoms with van der Waals surface area (Å²) in [7, 11) is -0.147. The highest BCUT2D eigenvalue weighted by atomic mass is 35.5. The summed E-state index contributed by atoms with van der Waals surface area (Å²) in [6.45, 7) is 0. The van der Waals surface area contributed by atoms with E-state index in [4.69, 9.17) is 11.6 Å². The maximum absolute atomic E-state index is 5.58. The molecule has 56 valence electrons. The summed E-state index contributed by atoms with van der Waals surface area (Å²) in [5.74, 6) is 0. The van der Waals surface area contributed by atoms with Crippen LogP contribution in [-0.2, 0) is 0 Å². The molecular weight excluding hydrogens is 168 g/mol. The number of nitrogens with zero attached hydrogens (tertiary/aromatic N) is 2. The van der Waals surface area contributed by atoms with Crippen LogP contribution in [0.3, 0.4) is 0 Å². The fourth-order valence-corrected chi connectivity index (χ4v) is 1.44. The molecule has 0 aliphatic rings. The average Bonchev–Trinajstić information content (AvgIpc) is 1.88. The lowest BCUT2D eigenvalue weighted by molar-refractivity contribution is 1.05. The number of thiol groups is 1. The molecule has 0 saturated carbocycles. The van der Waals surface area contributed by atoms with Gasteiger partial charge in [-0.1, -0.05) is 0 Å². The third-order valence-electron chi connectivity index (χ3n) is 1.07. The first-order chi connectivity index (χ1) is 4.70. The molecular formula is C6H9ClN2S. The average molecular weight is 177 g/mol. The molecule has 1 aromatic rings. The van der Waals surface area contributed by atoms with E-state index in [1.54, 1.807) is 6.20 Å². The molecule has 0 radical (unpaired) electrons. The van der Waals surface area contributed by atoms with Gasteiger partial charge < -0.3 is 0 Å². The standard InChI is InChI=1S/C6H9ClN2S/c1-10(2)5-3-4-8-6(7)9-5/h3-4,10H,1-2H3. The Kier molecular flexibility index (Phi) is 2.51. The minimum Gasteiger partial charge on any atom is -0.226 e. The van der Waals surface area contributed by atoms with Crippen molar-refractivity contribution in [1.82, 2.24) is 9.97 Å². The molecule has 0 fully saturated rings. The molecule has 0 unspecified atom stereocenters. The van der Waals surface area contributed by atoms with Crippen molar-refractivity contribution in [2.45, 2.75) is 5.03 Å². The van der Waals surface area contributed by atoms with Crippen molar-refractivity contribution in [3.63, 3.8) is 0 Å². The van der Waals surface area contributed by atoms with E-state index >= 15 is 0 Å². The van der Waals surface area contributed by atoms with E-state index < -0.39 is 0 Å². The number of rotatable bonds is 1. The van der Waals surface area contributed by atoms with Crippen LogP contribution in [0.5, 0.6) is 0 Å². The van der Waals surface area contributed by atoms with Crippen LogP contribution < -0.4 is 0 Å². The van der Waals surface area contributed by atoms with Crippen molar-refractivity contribution in [1.29, 1.82) is 0 Å². The molecule has 0 aromatic carbocycles. The molecule has 0 spiro atoms. The summed E-state index contributed by atoms with van der Waals surface area (Å²) >= 11 is 5.58. The number of halogens is 1. The third kappa shape index (κ3) is 1.85. The number of hydrogen-bond acceptors (Lipinski definition) is 2. The summed E-state index contributed by atoms with van der Waals surface area (Å²) in [4.78, 5) is 7.84. The van der Waals surface area contributed by atoms with E-state index in [0.717, 1.165) is 5.03 Å². The van der Waals surface area contributed by atoms with Gasteiger partial charge in [-0.2, -0.15) is 0 Å². The fraction of sp³-hybridized carbons (Fsp3) is 0.333. The largest absolute Gasteiger partial charge is 0.226 e. The van der Waals surface area contributed by atoms with E-state index in [1.165, 1.54) is 0 Å². The lowest BCUT2D eigenvalue weighted by atomic mass is 10.7. The summed E-state index contributed by atoms with van der Waals surface area (Å²) in [6, 6.07) is 1.90. The second kappa shape index (κ2) is 3.21. The summed E-state index contributed by atoms with van der Waals surface area (Å²) in [5.41, 5.74) is 0. The zero-order valence-electron chi connectivity index (χ0n) is 5.87. The second-order valence-electron chi connectivity index (χ2n) is 2.08. The van der Waals surface area contributed by atoms with E-state index in [9.17, 15) is 0 Å². The van der Waals surface area contributed by atoms with Gasteiger partial charge in [-0.3, -0.25) is 0 Å². The zero-order valence-corrected chi connectivity index (χ0v) is 7.52. The van der Waals surface area contributed by atoms with Gasteiger partial charge in [-0.05, 0) is 30.2 Å². The van der Waals surface area contributed by atoms with Gasteiger partial charge in [0.15, 0.2) is 0 Å². The van der Waals surface area contributed by atoms with E-state index in [-0.39, 0.29) is 10.9 Å². The minimum atomic E-state index is -0.147. The molecule has 0 saturated heterocycles. The Morgan fingerprint density at radius 3 is 2.60 bits per heavy atom. The molecule has 10 heavy (non-hydrogen) atoms. The summed E-state index contributed by atoms with van der Waals surface area (Å²) in [6.07, 6.45) is 5.95. The van der Waals surface area contributed by atoms with Crippen LogP contribution in [-0.4, -0.2) is 22.5 Å². The predicted molar refractivity (Wildman–Crippen MR) is 46.1 cm³/mol. The Hall–Kier alpha value is -0.280. The van der Waals surface area contributed by atoms with Crippen molar-refractivity contribution in [3.8, 4) is 0 Å². The normalized spacial score (nSPS) is 11.3. The predicted octanol–water partition coefficient (Wildman–Crippen LogP) is 1.75. The van der Waals surface area contributed by atoms with Gasteiger partial charge in [-0.15, -0.1) is 0 Å². The lowest BCUT2D eigenvalue weighted by Gasteiger charge is -2.06. The smallest absolute Gasteiger partial charge is 0.223 e. The highest BCUT2D eigenvalue weighted by molar-refractivity contribution is 8.15. The van der Waals surface area contributed by atoms with Crippen LogP contribution in [0.15, 0.2) is 17.3 Å². The molecule has 2 nitrogen and oxygen atoms in total. The molecule has 0 aliphatic heterocycles. The first-order valence-electron chi connectivity index (χ1n) is 2.86. The SMILES string of the molecule is C[SH](C)c1ccnc(Cl)n1. The highest BCUT2D eigenvalue weighted by Crippen LogP contribution is 2.25. The number of hydrogen-bond donors (Lipinski definition) is 1. The molecule has 0 bridgehead atoms. The van der Waals surface area contributed by atoms with Gasteiger partial charge in [-0.25, -0.2) is 20.9 Å². The molecule has 1 heterocycles. The Morgan fingerprint density at radius 1 is 1.50 bits per heavy atom. The third-order valence-corrected chi connectivity index (χ3v) is 2.42. The van der Waals surface area contributed by atoms with Gasteiger partial charge in [0, 0.05) is 6.20 Å². The van der Waals surface area contributed by atoms with Crippen LogP contribution in [0.1, 0.15) is 0 Å². The first-order valence-corrected chi connectivity index (χ1v) is 5.47. The summed E-state index contributed by atoms with van der Waals surface area (Å²) in [5, 5.41) is 1.39. The van der Waals surface area contributed by atoms with Crippen molar-refractivity contribution in [2.24, 2.45) is 0 Å². The van der Waals surface area contributed by atoms with Crippen LogP contribution >= 0.6 is 22.5 Å². The van der Waals surface area contributed by atoms with Gasteiger partial charge in [0.2, 0.25) is 5.28 Å². The van der Waals surface area contributed by atoms with Crippen LogP contribution in [0, 0.1) is 0 Å². The highest BCUT2D eigenvalue weighted by Gasteiger charge is 1.96. The van der Waals surface area contributed by atoms with Crippen molar-refractivity contribution >= 4 is 22.5 Å². The maximum Gasteiger partial charge on any atom is 0.223 e. The Labute approximate surface area is 68.0 Å². The van der Waals surface area contributed by atoms with Gasteiger partial charge in [0.1, 0.15) is 0 Å². The summed E-state index contributed by atoms with van der Waals surface area (Å²) < 4.78 is 0. The van der Waals surface area contributed by atoms with E-state index in [2.05, 4.69) is 22.5 Å². The molecule has 0 N–H and O–H groups in total. The maximum atomic E-state index is 5.58. The van der Waals surface area contributed by atoms with Crippen LogP contribution in [0.2, 0.25) is 5.28 Å². The Balaban J connectivity index is 2.96. The Morgan fingerprint density at radius 2 is 2.20 bits per heavy atom. The molecule has 4 heteroatoms. The van der Waals surface area contributed by atoms with E-state index in [1.807, 2.05) is 6.07 Å². The molecule has 0 amide bonds. The Bertz CT molecular complexity index is 227. The topological polar surface area (TPSA) is 25.8 Å². The number of aromatic nitrogens is 2. The fourth-order valence-electron chi connectivity index (χ4n) is 0.575. The molecule has 1 rings (SSSR count).